The zero-order valence-corrected chi connectivity index (χ0v) is 13.6. The molecule has 3 rings (SSSR count). The van der Waals surface area contributed by atoms with Gasteiger partial charge in [-0.25, -0.2) is 9.78 Å². The van der Waals surface area contributed by atoms with Crippen LogP contribution in [0.3, 0.4) is 0 Å². The van der Waals surface area contributed by atoms with Crippen molar-refractivity contribution in [2.75, 3.05) is 19.7 Å². The number of carbonyl (C=O) groups excluding carboxylic acids is 1. The number of morpholine rings is 1. The van der Waals surface area contributed by atoms with Crippen molar-refractivity contribution in [1.29, 1.82) is 0 Å². The molecule has 1 amide bonds. The van der Waals surface area contributed by atoms with E-state index in [1.807, 2.05) is 24.3 Å². The second-order valence-electron chi connectivity index (χ2n) is 5.09. The quantitative estimate of drug-likeness (QED) is 0.874. The van der Waals surface area contributed by atoms with E-state index in [1.54, 1.807) is 17.1 Å². The molecule has 1 saturated heterocycles. The Kier molecular flexibility index (Phi) is 4.44. The summed E-state index contributed by atoms with van der Waals surface area (Å²) in [6.45, 7) is 0.587. The fraction of sp³-hybridized carbons (Fsp3) is 0.267. The van der Waals surface area contributed by atoms with E-state index >= 15 is 0 Å². The maximum absolute atomic E-state index is 12.5. The van der Waals surface area contributed by atoms with Crippen molar-refractivity contribution in [3.05, 3.63) is 47.0 Å². The summed E-state index contributed by atoms with van der Waals surface area (Å²) < 4.78 is 7.83. The summed E-state index contributed by atoms with van der Waals surface area (Å²) in [5, 5.41) is 9.00. The second-order valence-corrected chi connectivity index (χ2v) is 6.01. The normalized spacial score (nSPS) is 18.0. The maximum atomic E-state index is 12.5. The number of ether oxygens (including phenoxy) is 1. The van der Waals surface area contributed by atoms with Gasteiger partial charge in [-0.1, -0.05) is 15.9 Å². The highest BCUT2D eigenvalue weighted by molar-refractivity contribution is 9.10. The molecule has 0 spiro atoms. The Balaban J connectivity index is 1.75. The van der Waals surface area contributed by atoms with Crippen LogP contribution in [0.4, 0.5) is 0 Å². The molecule has 0 radical (unpaired) electrons. The van der Waals surface area contributed by atoms with Crippen LogP contribution in [-0.2, 0) is 9.53 Å². The molecule has 1 aliphatic rings. The lowest BCUT2D eigenvalue weighted by Crippen LogP contribution is -2.48. The predicted octanol–water partition coefficient (Wildman–Crippen LogP) is 1.56. The zero-order chi connectivity index (χ0) is 16.4. The molecule has 1 atom stereocenters. The van der Waals surface area contributed by atoms with Gasteiger partial charge in [0.1, 0.15) is 12.0 Å². The molecule has 1 aromatic carbocycles. The van der Waals surface area contributed by atoms with Gasteiger partial charge in [0.15, 0.2) is 6.10 Å². The standard InChI is InChI=1S/C15H14BrN3O4/c16-10-1-3-11(4-2-10)19-7-12(17-9-19)14(20)18-5-6-23-13(8-18)15(21)22/h1-4,7,9,13H,5-6,8H2,(H,21,22)/t13-/m0/s1. The Hall–Kier alpha value is -2.19. The summed E-state index contributed by atoms with van der Waals surface area (Å²) in [5.41, 5.74) is 1.16. The van der Waals surface area contributed by atoms with Gasteiger partial charge >= 0.3 is 5.97 Å². The molecule has 1 aliphatic heterocycles. The molecule has 1 fully saturated rings. The number of hydrogen-bond donors (Lipinski definition) is 1. The summed E-state index contributed by atoms with van der Waals surface area (Å²) in [5.74, 6) is -1.36. The lowest BCUT2D eigenvalue weighted by Gasteiger charge is -2.30. The average molecular weight is 380 g/mol. The number of aliphatic carboxylic acids is 1. The first kappa shape index (κ1) is 15.7. The van der Waals surface area contributed by atoms with Gasteiger partial charge in [0.05, 0.1) is 13.2 Å². The van der Waals surface area contributed by atoms with Gasteiger partial charge in [-0.15, -0.1) is 0 Å². The molecule has 2 aromatic rings. The van der Waals surface area contributed by atoms with E-state index in [9.17, 15) is 9.59 Å². The van der Waals surface area contributed by atoms with Crippen LogP contribution in [-0.4, -0.2) is 57.2 Å². The van der Waals surface area contributed by atoms with Crippen LogP contribution in [0.15, 0.2) is 41.3 Å². The minimum absolute atomic E-state index is 0.0271. The number of nitrogens with zero attached hydrogens (tertiary/aromatic N) is 3. The van der Waals surface area contributed by atoms with Gasteiger partial charge in [0.25, 0.3) is 5.91 Å². The van der Waals surface area contributed by atoms with Crippen molar-refractivity contribution >= 4 is 27.8 Å². The summed E-state index contributed by atoms with van der Waals surface area (Å²) in [6.07, 6.45) is 2.21. The highest BCUT2D eigenvalue weighted by Crippen LogP contribution is 2.15. The third-order valence-electron chi connectivity index (χ3n) is 3.56. The SMILES string of the molecule is O=C(O)[C@@H]1CN(C(=O)c2cn(-c3ccc(Br)cc3)cn2)CCO1. The number of benzene rings is 1. The fourth-order valence-electron chi connectivity index (χ4n) is 2.33. The van der Waals surface area contributed by atoms with Crippen molar-refractivity contribution in [2.45, 2.75) is 6.10 Å². The number of amides is 1. The second kappa shape index (κ2) is 6.51. The lowest BCUT2D eigenvalue weighted by atomic mass is 10.2. The van der Waals surface area contributed by atoms with Crippen LogP contribution >= 0.6 is 15.9 Å². The van der Waals surface area contributed by atoms with Crippen LogP contribution < -0.4 is 0 Å². The van der Waals surface area contributed by atoms with Gasteiger partial charge in [-0.05, 0) is 24.3 Å². The van der Waals surface area contributed by atoms with Crippen molar-refractivity contribution in [2.24, 2.45) is 0 Å². The van der Waals surface area contributed by atoms with E-state index in [2.05, 4.69) is 20.9 Å². The first-order valence-corrected chi connectivity index (χ1v) is 7.77. The third-order valence-corrected chi connectivity index (χ3v) is 4.08. The molecule has 8 heteroatoms. The third kappa shape index (κ3) is 3.43. The number of carboxylic acids is 1. The van der Waals surface area contributed by atoms with E-state index in [-0.39, 0.29) is 24.8 Å². The lowest BCUT2D eigenvalue weighted by molar-refractivity contribution is -0.154. The average Bonchev–Trinajstić information content (AvgIpc) is 3.05. The molecule has 120 valence electrons. The van der Waals surface area contributed by atoms with Crippen LogP contribution in [0.25, 0.3) is 5.69 Å². The molecule has 1 aromatic heterocycles. The minimum Gasteiger partial charge on any atom is -0.479 e. The van der Waals surface area contributed by atoms with E-state index in [0.717, 1.165) is 10.2 Å². The Labute approximate surface area is 140 Å². The predicted molar refractivity (Wildman–Crippen MR) is 84.5 cm³/mol. The van der Waals surface area contributed by atoms with Crippen molar-refractivity contribution in [3.63, 3.8) is 0 Å². The molecule has 7 nitrogen and oxygen atoms in total. The molecule has 0 saturated carbocycles. The van der Waals surface area contributed by atoms with Crippen LogP contribution in [0.2, 0.25) is 0 Å². The monoisotopic (exact) mass is 379 g/mol. The maximum Gasteiger partial charge on any atom is 0.334 e. The Morgan fingerprint density at radius 2 is 2.04 bits per heavy atom. The number of hydrogen-bond acceptors (Lipinski definition) is 4. The number of rotatable bonds is 3. The van der Waals surface area contributed by atoms with Crippen LogP contribution in [0.1, 0.15) is 10.5 Å². The van der Waals surface area contributed by atoms with E-state index in [1.165, 1.54) is 4.90 Å². The molecule has 1 N–H and O–H groups in total. The Morgan fingerprint density at radius 1 is 1.30 bits per heavy atom. The smallest absolute Gasteiger partial charge is 0.334 e. The van der Waals surface area contributed by atoms with Crippen LogP contribution in [0, 0.1) is 0 Å². The topological polar surface area (TPSA) is 84.7 Å². The number of aromatic nitrogens is 2. The number of halogens is 1. The largest absolute Gasteiger partial charge is 0.479 e. The Bertz CT molecular complexity index is 729. The van der Waals surface area contributed by atoms with Gasteiger partial charge in [-0.3, -0.25) is 4.79 Å². The molecular weight excluding hydrogens is 366 g/mol. The van der Waals surface area contributed by atoms with E-state index in [4.69, 9.17) is 9.84 Å². The van der Waals surface area contributed by atoms with E-state index in [0.29, 0.717) is 6.54 Å². The van der Waals surface area contributed by atoms with Crippen LogP contribution in [0.5, 0.6) is 0 Å². The van der Waals surface area contributed by atoms with Gasteiger partial charge < -0.3 is 19.3 Å². The van der Waals surface area contributed by atoms with Crippen molar-refractivity contribution in [1.82, 2.24) is 14.5 Å². The molecule has 0 unspecified atom stereocenters. The number of carbonyl (C=O) groups is 2. The zero-order valence-electron chi connectivity index (χ0n) is 12.1. The number of carboxylic acid groups (broad SMARTS) is 1. The van der Waals surface area contributed by atoms with Gasteiger partial charge in [0, 0.05) is 22.9 Å². The van der Waals surface area contributed by atoms with Gasteiger partial charge in [-0.2, -0.15) is 0 Å². The summed E-state index contributed by atoms with van der Waals surface area (Å²) in [6, 6.07) is 7.59. The Morgan fingerprint density at radius 3 is 2.74 bits per heavy atom. The van der Waals surface area contributed by atoms with Crippen molar-refractivity contribution < 1.29 is 19.4 Å². The molecule has 23 heavy (non-hydrogen) atoms. The number of imidazole rings is 1. The first-order chi connectivity index (χ1) is 11.0. The van der Waals surface area contributed by atoms with E-state index < -0.39 is 12.1 Å². The summed E-state index contributed by atoms with van der Waals surface area (Å²) in [4.78, 5) is 29.0. The van der Waals surface area contributed by atoms with Crippen molar-refractivity contribution in [3.8, 4) is 5.69 Å². The summed E-state index contributed by atoms with van der Waals surface area (Å²) in [7, 11) is 0. The minimum atomic E-state index is -1.07. The highest BCUT2D eigenvalue weighted by Gasteiger charge is 2.30. The first-order valence-electron chi connectivity index (χ1n) is 6.98. The highest BCUT2D eigenvalue weighted by atomic mass is 79.9. The summed E-state index contributed by atoms with van der Waals surface area (Å²) >= 11 is 3.37. The fourth-order valence-corrected chi connectivity index (χ4v) is 2.60. The molecular formula is C15H14BrN3O4. The molecule has 2 heterocycles. The van der Waals surface area contributed by atoms with Gasteiger partial charge in [0.2, 0.25) is 0 Å². The molecule has 0 bridgehead atoms. The molecule has 0 aliphatic carbocycles.